The molecule has 0 aromatic heterocycles. The molecule has 4 aliphatic rings. The SMILES string of the molecule is CC1(C)CCCC(C)(C)[N-]1.CC1(C)CCCC(C)(C)[N-]1.CC1(C)CCCC(C)(C)[N-]1.CC1(C)CCCC(C)(C)[N-]1.C[NH+](C)CC[NH+](C)C.C[NH+](C)CC[NH+](C)C.[CH-]=CC=[CH-].[Mg+2].[Mg+2].[Na+].[Na+]. The normalized spacial score (nSPS) is 21.9. The van der Waals surface area contributed by atoms with Crippen molar-refractivity contribution in [2.75, 3.05) is 82.6 Å². The molecular formula is C52H112Mg2N8Na2+4. The third-order valence-corrected chi connectivity index (χ3v) is 11.1. The van der Waals surface area contributed by atoms with Crippen molar-refractivity contribution in [2.24, 2.45) is 0 Å². The molecule has 4 N–H and O–H groups in total. The Balaban J connectivity index is -0.000000119. The fourth-order valence-corrected chi connectivity index (χ4v) is 8.54. The molecule has 0 atom stereocenters. The molecule has 0 unspecified atom stereocenters. The minimum atomic E-state index is 0. The predicted molar refractivity (Wildman–Crippen MR) is 281 cm³/mol. The molecule has 4 heterocycles. The molecule has 0 bridgehead atoms. The second-order valence-electron chi connectivity index (χ2n) is 24.6. The molecule has 0 saturated carbocycles. The van der Waals surface area contributed by atoms with E-state index in [1.54, 1.807) is 0 Å². The molecule has 0 aliphatic carbocycles. The summed E-state index contributed by atoms with van der Waals surface area (Å²) in [6.45, 7) is 50.2. The molecule has 0 amide bonds. The number of nitrogens with zero attached hydrogens (tertiary/aromatic N) is 4. The van der Waals surface area contributed by atoms with Gasteiger partial charge in [-0.15, -0.1) is 44.3 Å². The van der Waals surface area contributed by atoms with Gasteiger partial charge in [-0.1, -0.05) is 188 Å². The van der Waals surface area contributed by atoms with E-state index in [1.165, 1.54) is 135 Å². The van der Waals surface area contributed by atoms with Crippen LogP contribution in [-0.2, 0) is 0 Å². The zero-order valence-electron chi connectivity index (χ0n) is 48.8. The van der Waals surface area contributed by atoms with Crippen LogP contribution in [0.4, 0.5) is 0 Å². The first kappa shape index (κ1) is 80.8. The Morgan fingerprint density at radius 1 is 0.312 bits per heavy atom. The molecule has 8 nitrogen and oxygen atoms in total. The van der Waals surface area contributed by atoms with Gasteiger partial charge in [0.1, 0.15) is 26.2 Å². The summed E-state index contributed by atoms with van der Waals surface area (Å²) >= 11 is 0. The minimum Gasteiger partial charge on any atom is -0.652 e. The number of quaternary nitrogens is 4. The Labute approximate surface area is 481 Å². The first-order chi connectivity index (χ1) is 26.8. The molecule has 0 radical (unpaired) electrons. The van der Waals surface area contributed by atoms with Crippen molar-refractivity contribution in [2.45, 2.75) is 232 Å². The molecule has 0 spiro atoms. The second-order valence-corrected chi connectivity index (χ2v) is 24.6. The van der Waals surface area contributed by atoms with Crippen LogP contribution < -0.4 is 78.7 Å². The van der Waals surface area contributed by atoms with Crippen LogP contribution in [0.1, 0.15) is 188 Å². The molecule has 4 rings (SSSR count). The summed E-state index contributed by atoms with van der Waals surface area (Å²) in [6, 6.07) is 0. The van der Waals surface area contributed by atoms with Crippen molar-refractivity contribution in [1.29, 1.82) is 0 Å². The standard InChI is InChI=1S/4C9H18N.2C6H16N2.C4H4.2Mg.2Na/c4*1-8(2)6-5-7-9(3,4)10-8;2*1-7(2)5-6-8(3)4;1-3-4-2;;;;/h4*5-7H2,1-4H3;2*5-6H2,1-4H3;1-4H;;;;/q4*-1;;;-2;2*+2;2*+1/p+4. The summed E-state index contributed by atoms with van der Waals surface area (Å²) in [5.74, 6) is 0. The van der Waals surface area contributed by atoms with Crippen molar-refractivity contribution in [3.63, 3.8) is 0 Å². The molecular weight excluding hydrogens is 831 g/mol. The van der Waals surface area contributed by atoms with E-state index >= 15 is 0 Å². The van der Waals surface area contributed by atoms with Gasteiger partial charge >= 0.3 is 105 Å². The van der Waals surface area contributed by atoms with Gasteiger partial charge in [-0.2, -0.15) is 0 Å². The van der Waals surface area contributed by atoms with Gasteiger partial charge in [0, 0.05) is 0 Å². The van der Waals surface area contributed by atoms with Gasteiger partial charge in [-0.25, -0.2) is 0 Å². The van der Waals surface area contributed by atoms with Crippen LogP contribution in [0.2, 0.25) is 0 Å². The maximum atomic E-state index is 4.75. The summed E-state index contributed by atoms with van der Waals surface area (Å²) < 4.78 is 0. The smallest absolute Gasteiger partial charge is 0.652 e. The number of hydrogen-bond acceptors (Lipinski definition) is 0. The van der Waals surface area contributed by atoms with Gasteiger partial charge < -0.3 is 66.2 Å². The number of piperidine rings is 4. The largest absolute Gasteiger partial charge is 2.00 e. The van der Waals surface area contributed by atoms with Gasteiger partial charge in [0.05, 0.1) is 56.4 Å². The summed E-state index contributed by atoms with van der Waals surface area (Å²) in [4.78, 5) is 6.13. The maximum absolute atomic E-state index is 4.75. The number of nitrogens with one attached hydrogen (secondary N) is 4. The fraction of sp³-hybridized carbons (Fsp3) is 0.923. The van der Waals surface area contributed by atoms with Crippen LogP contribution >= 0.6 is 0 Å². The monoisotopic (exact) mass is 943 g/mol. The molecule has 0 aromatic carbocycles. The van der Waals surface area contributed by atoms with E-state index in [0.29, 0.717) is 0 Å². The third-order valence-electron chi connectivity index (χ3n) is 11.1. The fourth-order valence-electron chi connectivity index (χ4n) is 8.54. The summed E-state index contributed by atoms with van der Waals surface area (Å²) in [6.07, 6.45) is 18.0. The predicted octanol–water partition coefficient (Wildman–Crippen LogP) is 1.17. The topological polar surface area (TPSA) is 74.2 Å². The van der Waals surface area contributed by atoms with Crippen LogP contribution in [0.5, 0.6) is 0 Å². The zero-order chi connectivity index (χ0) is 47.9. The first-order valence-electron chi connectivity index (χ1n) is 24.0. The quantitative estimate of drug-likeness (QED) is 0.169. The number of hydrogen-bond donors (Lipinski definition) is 4. The van der Waals surface area contributed by atoms with E-state index in [0.717, 1.165) is 0 Å². The average molecular weight is 944 g/mol. The molecule has 4 fully saturated rings. The van der Waals surface area contributed by atoms with Gasteiger partial charge in [0.2, 0.25) is 0 Å². The molecule has 12 heteroatoms. The van der Waals surface area contributed by atoms with E-state index in [9.17, 15) is 0 Å². The number of likely N-dealkylation sites (N-methyl/N-ethyl adjacent to an activating group) is 4. The Morgan fingerprint density at radius 2 is 0.422 bits per heavy atom. The second kappa shape index (κ2) is 38.3. The molecule has 362 valence electrons. The Morgan fingerprint density at radius 3 is 0.469 bits per heavy atom. The van der Waals surface area contributed by atoms with E-state index in [1.807, 2.05) is 0 Å². The van der Waals surface area contributed by atoms with Crippen LogP contribution in [0, 0.1) is 13.2 Å². The first-order valence-corrected chi connectivity index (χ1v) is 24.0. The van der Waals surface area contributed by atoms with E-state index in [4.69, 9.17) is 34.4 Å². The van der Waals surface area contributed by atoms with Crippen molar-refractivity contribution < 1.29 is 78.7 Å². The van der Waals surface area contributed by atoms with Gasteiger partial charge in [0.25, 0.3) is 0 Å². The summed E-state index contributed by atoms with van der Waals surface area (Å²) in [7, 11) is 17.5. The van der Waals surface area contributed by atoms with Crippen molar-refractivity contribution >= 4 is 46.1 Å². The maximum Gasteiger partial charge on any atom is 2.00 e. The van der Waals surface area contributed by atoms with Crippen molar-refractivity contribution in [3.8, 4) is 0 Å². The summed E-state index contributed by atoms with van der Waals surface area (Å²) in [5.41, 5.74) is 1.90. The average Bonchev–Trinajstić information content (AvgIpc) is 3.00. The van der Waals surface area contributed by atoms with Gasteiger partial charge in [-0.3, -0.25) is 0 Å². The minimum absolute atomic E-state index is 0. The Hall–Kier alpha value is 2.69. The molecule has 64 heavy (non-hydrogen) atoms. The third kappa shape index (κ3) is 54.0. The zero-order valence-corrected chi connectivity index (χ0v) is 55.7. The van der Waals surface area contributed by atoms with E-state index in [2.05, 4.69) is 167 Å². The van der Waals surface area contributed by atoms with Crippen LogP contribution in [0.25, 0.3) is 21.3 Å². The van der Waals surface area contributed by atoms with Crippen LogP contribution in [0.3, 0.4) is 0 Å². The Bertz CT molecular complexity index is 899. The van der Waals surface area contributed by atoms with Crippen molar-refractivity contribution in [1.82, 2.24) is 0 Å². The molecule has 4 saturated heterocycles. The van der Waals surface area contributed by atoms with Crippen LogP contribution in [0.15, 0.2) is 12.2 Å². The molecule has 4 aliphatic heterocycles. The number of allylic oxidation sites excluding steroid dienone is 2. The van der Waals surface area contributed by atoms with Crippen LogP contribution in [-0.4, -0.2) is 173 Å². The van der Waals surface area contributed by atoms with Gasteiger partial charge in [0.15, 0.2) is 0 Å². The van der Waals surface area contributed by atoms with E-state index in [-0.39, 0.29) is 150 Å². The number of rotatable bonds is 7. The van der Waals surface area contributed by atoms with Crippen molar-refractivity contribution in [3.05, 3.63) is 46.6 Å². The van der Waals surface area contributed by atoms with E-state index < -0.39 is 0 Å². The Kier molecular flexibility index (Phi) is 48.4. The molecule has 0 aromatic rings. The summed E-state index contributed by atoms with van der Waals surface area (Å²) in [5, 5.41) is 19.0. The van der Waals surface area contributed by atoms with Gasteiger partial charge in [-0.05, 0) is 0 Å².